The molecule has 152 valence electrons. The maximum absolute atomic E-state index is 14.3. The van der Waals surface area contributed by atoms with Crippen molar-refractivity contribution in [3.05, 3.63) is 57.9 Å². The van der Waals surface area contributed by atoms with Crippen molar-refractivity contribution in [2.75, 3.05) is 7.11 Å². The predicted octanol–water partition coefficient (Wildman–Crippen LogP) is 2.57. The lowest BCUT2D eigenvalue weighted by Crippen LogP contribution is -2.45. The number of carboxylic acids is 1. The molecule has 2 atom stereocenters. The van der Waals surface area contributed by atoms with E-state index >= 15 is 0 Å². The number of benzene rings is 2. The van der Waals surface area contributed by atoms with E-state index in [-0.39, 0.29) is 21.2 Å². The van der Waals surface area contributed by atoms with E-state index in [0.29, 0.717) is 11.1 Å². The first-order chi connectivity index (χ1) is 13.0. The second kappa shape index (κ2) is 8.44. The molecule has 0 spiro atoms. The van der Waals surface area contributed by atoms with Gasteiger partial charge in [-0.05, 0) is 43.2 Å². The highest BCUT2D eigenvalue weighted by Gasteiger charge is 2.36. The van der Waals surface area contributed by atoms with Crippen LogP contribution < -0.4 is 9.46 Å². The highest BCUT2D eigenvalue weighted by atomic mass is 35.5. The lowest BCUT2D eigenvalue weighted by Gasteiger charge is -2.23. The van der Waals surface area contributed by atoms with Gasteiger partial charge in [0, 0.05) is 16.7 Å². The molecule has 2 aromatic rings. The fourth-order valence-electron chi connectivity index (χ4n) is 2.68. The number of methoxy groups -OCH3 is 1. The van der Waals surface area contributed by atoms with Gasteiger partial charge in [0.1, 0.15) is 28.6 Å². The summed E-state index contributed by atoms with van der Waals surface area (Å²) in [6, 6.07) is 4.17. The van der Waals surface area contributed by atoms with Crippen LogP contribution in [0, 0.1) is 19.7 Å². The Bertz CT molecular complexity index is 1010. The van der Waals surface area contributed by atoms with Crippen LogP contribution >= 0.6 is 11.6 Å². The lowest BCUT2D eigenvalue weighted by molar-refractivity contribution is -0.142. The molecule has 10 heteroatoms. The van der Waals surface area contributed by atoms with Gasteiger partial charge in [0.2, 0.25) is 10.0 Å². The van der Waals surface area contributed by atoms with E-state index in [1.54, 1.807) is 6.92 Å². The summed E-state index contributed by atoms with van der Waals surface area (Å²) in [4.78, 5) is 11.3. The first kappa shape index (κ1) is 22.1. The van der Waals surface area contributed by atoms with E-state index in [2.05, 4.69) is 0 Å². The molecule has 28 heavy (non-hydrogen) atoms. The summed E-state index contributed by atoms with van der Waals surface area (Å²) in [6.45, 7) is 3.16. The Morgan fingerprint density at radius 3 is 2.46 bits per heavy atom. The quantitative estimate of drug-likeness (QED) is 0.621. The predicted molar refractivity (Wildman–Crippen MR) is 101 cm³/mol. The van der Waals surface area contributed by atoms with E-state index in [1.165, 1.54) is 32.2 Å². The number of hydrogen-bond donors (Lipinski definition) is 3. The molecule has 0 saturated heterocycles. The number of aliphatic carboxylic acids is 1. The van der Waals surface area contributed by atoms with Gasteiger partial charge < -0.3 is 14.9 Å². The smallest absolute Gasteiger partial charge is 0.324 e. The fraction of sp³-hybridized carbons (Fsp3) is 0.278. The average molecular weight is 432 g/mol. The molecular formula is C18H19ClFNO6S. The van der Waals surface area contributed by atoms with E-state index in [4.69, 9.17) is 16.3 Å². The Morgan fingerprint density at radius 1 is 1.25 bits per heavy atom. The largest absolute Gasteiger partial charge is 0.495 e. The second-order valence-electron chi connectivity index (χ2n) is 6.08. The third kappa shape index (κ3) is 4.44. The Labute approximate surface area is 166 Å². The van der Waals surface area contributed by atoms with E-state index in [9.17, 15) is 27.8 Å². The number of carboxylic acid groups (broad SMARTS) is 1. The molecule has 0 bridgehead atoms. The van der Waals surface area contributed by atoms with Gasteiger partial charge in [-0.15, -0.1) is 0 Å². The molecule has 2 aromatic carbocycles. The number of ether oxygens (including phenoxy) is 1. The number of halogens is 2. The van der Waals surface area contributed by atoms with Crippen molar-refractivity contribution in [1.82, 2.24) is 4.72 Å². The third-order valence-corrected chi connectivity index (χ3v) is 6.02. The first-order valence-electron chi connectivity index (χ1n) is 8.02. The Kier molecular flexibility index (Phi) is 6.66. The molecule has 0 aliphatic rings. The van der Waals surface area contributed by atoms with E-state index < -0.39 is 34.0 Å². The molecule has 0 fully saturated rings. The summed E-state index contributed by atoms with van der Waals surface area (Å²) < 4.78 is 46.6. The van der Waals surface area contributed by atoms with Gasteiger partial charge in [0.25, 0.3) is 0 Å². The molecule has 0 saturated carbocycles. The summed E-state index contributed by atoms with van der Waals surface area (Å²) >= 11 is 5.81. The Hall–Kier alpha value is -2.20. The van der Waals surface area contributed by atoms with E-state index in [0.717, 1.165) is 12.1 Å². The fourth-order valence-corrected chi connectivity index (χ4v) is 4.19. The van der Waals surface area contributed by atoms with E-state index in [1.807, 2.05) is 4.72 Å². The zero-order chi connectivity index (χ0) is 21.2. The normalized spacial score (nSPS) is 13.8. The zero-order valence-electron chi connectivity index (χ0n) is 15.2. The van der Waals surface area contributed by atoms with Gasteiger partial charge in [-0.1, -0.05) is 17.7 Å². The van der Waals surface area contributed by atoms with Crippen LogP contribution in [0.2, 0.25) is 5.02 Å². The van der Waals surface area contributed by atoms with Crippen molar-refractivity contribution in [3.8, 4) is 5.75 Å². The molecule has 0 amide bonds. The topological polar surface area (TPSA) is 113 Å². The minimum Gasteiger partial charge on any atom is -0.495 e. The molecular weight excluding hydrogens is 413 g/mol. The molecule has 2 rings (SSSR count). The van der Waals surface area contributed by atoms with Crippen molar-refractivity contribution in [2.45, 2.75) is 30.9 Å². The highest BCUT2D eigenvalue weighted by molar-refractivity contribution is 7.89. The minimum absolute atomic E-state index is 0.114. The van der Waals surface area contributed by atoms with Gasteiger partial charge in [-0.25, -0.2) is 12.8 Å². The minimum atomic E-state index is -4.45. The molecule has 0 aromatic heterocycles. The summed E-state index contributed by atoms with van der Waals surface area (Å²) in [6.07, 6.45) is -1.97. The molecule has 0 radical (unpaired) electrons. The Balaban J connectivity index is 2.49. The van der Waals surface area contributed by atoms with Crippen molar-refractivity contribution >= 4 is 27.6 Å². The van der Waals surface area contributed by atoms with Crippen LogP contribution in [0.4, 0.5) is 4.39 Å². The van der Waals surface area contributed by atoms with Crippen LogP contribution in [-0.2, 0) is 14.8 Å². The zero-order valence-corrected chi connectivity index (χ0v) is 16.8. The molecule has 7 nitrogen and oxygen atoms in total. The highest BCUT2D eigenvalue weighted by Crippen LogP contribution is 2.30. The molecule has 0 heterocycles. The summed E-state index contributed by atoms with van der Waals surface area (Å²) in [5, 5.41) is 20.2. The van der Waals surface area contributed by atoms with Crippen molar-refractivity contribution in [2.24, 2.45) is 0 Å². The third-order valence-electron chi connectivity index (χ3n) is 4.31. The SMILES string of the molecule is COc1cc(Cl)ccc1S(=O)(=O)N[C@H](C(=O)O)C(O)c1c(F)ccc(C)c1C. The van der Waals surface area contributed by atoms with Gasteiger partial charge in [0.15, 0.2) is 0 Å². The molecule has 3 N–H and O–H groups in total. The van der Waals surface area contributed by atoms with Gasteiger partial charge in [-0.2, -0.15) is 4.72 Å². The standard InChI is InChI=1S/C18H19ClFNO6S/c1-9-4-6-12(20)15(10(9)2)17(22)16(18(23)24)21-28(25,26)14-7-5-11(19)8-13(14)27-3/h4-8,16-17,21-22H,1-3H3,(H,23,24)/t16-,17?/m0/s1. The summed E-state index contributed by atoms with van der Waals surface area (Å²) in [5.74, 6) is -2.63. The maximum atomic E-state index is 14.3. The number of aliphatic hydroxyl groups excluding tert-OH is 1. The van der Waals surface area contributed by atoms with Gasteiger partial charge >= 0.3 is 5.97 Å². The maximum Gasteiger partial charge on any atom is 0.324 e. The van der Waals surface area contributed by atoms with Crippen LogP contribution in [0.5, 0.6) is 5.75 Å². The number of hydrogen-bond acceptors (Lipinski definition) is 5. The van der Waals surface area contributed by atoms with Crippen LogP contribution in [-0.4, -0.2) is 37.8 Å². The van der Waals surface area contributed by atoms with Crippen LogP contribution in [0.25, 0.3) is 0 Å². The Morgan fingerprint density at radius 2 is 1.89 bits per heavy atom. The van der Waals surface area contributed by atoms with Crippen LogP contribution in [0.1, 0.15) is 22.8 Å². The molecule has 1 unspecified atom stereocenters. The van der Waals surface area contributed by atoms with Crippen molar-refractivity contribution in [3.63, 3.8) is 0 Å². The summed E-state index contributed by atoms with van der Waals surface area (Å²) in [5.41, 5.74) is 0.641. The number of sulfonamides is 1. The number of aliphatic hydroxyl groups is 1. The molecule has 0 aliphatic carbocycles. The average Bonchev–Trinajstić information content (AvgIpc) is 2.62. The van der Waals surface area contributed by atoms with Crippen LogP contribution in [0.3, 0.4) is 0 Å². The number of aryl methyl sites for hydroxylation is 1. The molecule has 0 aliphatic heterocycles. The van der Waals surface area contributed by atoms with Gasteiger partial charge in [-0.3, -0.25) is 4.79 Å². The monoisotopic (exact) mass is 431 g/mol. The summed E-state index contributed by atoms with van der Waals surface area (Å²) in [7, 11) is -3.23. The number of nitrogens with one attached hydrogen (secondary N) is 1. The van der Waals surface area contributed by atoms with Crippen molar-refractivity contribution in [1.29, 1.82) is 0 Å². The number of carbonyl (C=O) groups is 1. The lowest BCUT2D eigenvalue weighted by atomic mass is 9.95. The van der Waals surface area contributed by atoms with Crippen molar-refractivity contribution < 1.29 is 32.6 Å². The number of rotatable bonds is 7. The van der Waals surface area contributed by atoms with Gasteiger partial charge in [0.05, 0.1) is 7.11 Å². The first-order valence-corrected chi connectivity index (χ1v) is 9.88. The van der Waals surface area contributed by atoms with Crippen LogP contribution in [0.15, 0.2) is 35.2 Å². The second-order valence-corrected chi connectivity index (χ2v) is 8.20.